The molecular weight excluding hydrogens is 441 g/mol. The van der Waals surface area contributed by atoms with E-state index in [4.69, 9.17) is 16.6 Å². The number of hydrogen-bond donors (Lipinski definition) is 1. The van der Waals surface area contributed by atoms with Crippen molar-refractivity contribution in [3.05, 3.63) is 76.5 Å². The van der Waals surface area contributed by atoms with E-state index in [0.717, 1.165) is 30.0 Å². The molecule has 4 rings (SSSR count). The number of pyridine rings is 1. The maximum Gasteiger partial charge on any atom is 0.170 e. The Bertz CT molecular complexity index is 994. The van der Waals surface area contributed by atoms with Crippen LogP contribution in [0.15, 0.2) is 63.6 Å². The molecule has 1 aliphatic heterocycles. The number of thiocarbonyl (C=S) groups is 1. The van der Waals surface area contributed by atoms with Gasteiger partial charge in [-0.05, 0) is 77.0 Å². The van der Waals surface area contributed by atoms with Crippen LogP contribution in [0, 0.1) is 5.82 Å². The summed E-state index contributed by atoms with van der Waals surface area (Å²) >= 11 is 9.01. The molecule has 0 saturated carbocycles. The van der Waals surface area contributed by atoms with Crippen molar-refractivity contribution in [3.63, 3.8) is 0 Å². The summed E-state index contributed by atoms with van der Waals surface area (Å²) in [5.41, 5.74) is 1.71. The summed E-state index contributed by atoms with van der Waals surface area (Å²) in [5, 5.41) is 4.10. The lowest BCUT2D eigenvalue weighted by Gasteiger charge is -2.25. The Morgan fingerprint density at radius 3 is 2.82 bits per heavy atom. The summed E-state index contributed by atoms with van der Waals surface area (Å²) < 4.78 is 20.3. The molecule has 1 fully saturated rings. The predicted octanol–water partition coefficient (Wildman–Crippen LogP) is 5.63. The monoisotopic (exact) mass is 459 g/mol. The molecule has 3 heterocycles. The van der Waals surface area contributed by atoms with Gasteiger partial charge in [-0.25, -0.2) is 4.39 Å². The smallest absolute Gasteiger partial charge is 0.170 e. The Labute approximate surface area is 176 Å². The largest absolute Gasteiger partial charge is 0.459 e. The number of nitrogens with zero attached hydrogens (tertiary/aromatic N) is 2. The molecule has 0 spiro atoms. The topological polar surface area (TPSA) is 41.3 Å². The summed E-state index contributed by atoms with van der Waals surface area (Å²) in [6.45, 7) is 2.94. The molecule has 2 aromatic heterocycles. The Morgan fingerprint density at radius 1 is 1.25 bits per heavy atom. The predicted molar refractivity (Wildman–Crippen MR) is 114 cm³/mol. The maximum atomic E-state index is 13.4. The van der Waals surface area contributed by atoms with Gasteiger partial charge in [-0.1, -0.05) is 13.0 Å². The Kier molecular flexibility index (Phi) is 5.46. The van der Waals surface area contributed by atoms with Crippen LogP contribution in [-0.2, 0) is 0 Å². The van der Waals surface area contributed by atoms with E-state index >= 15 is 0 Å². The first-order chi connectivity index (χ1) is 13.6. The van der Waals surface area contributed by atoms with Crippen molar-refractivity contribution in [2.45, 2.75) is 25.4 Å². The van der Waals surface area contributed by atoms with Crippen molar-refractivity contribution in [1.29, 1.82) is 0 Å². The molecule has 2 atom stereocenters. The minimum absolute atomic E-state index is 0.101. The molecule has 144 valence electrons. The highest BCUT2D eigenvalue weighted by Gasteiger charge is 2.41. The van der Waals surface area contributed by atoms with E-state index in [9.17, 15) is 4.39 Å². The van der Waals surface area contributed by atoms with Gasteiger partial charge in [0.1, 0.15) is 23.4 Å². The minimum atomic E-state index is -0.294. The zero-order chi connectivity index (χ0) is 19.7. The molecule has 0 amide bonds. The lowest BCUT2D eigenvalue weighted by atomic mass is 10.0. The fourth-order valence-electron chi connectivity index (χ4n) is 3.54. The molecule has 0 bridgehead atoms. The summed E-state index contributed by atoms with van der Waals surface area (Å²) in [6, 6.07) is 14.1. The summed E-state index contributed by atoms with van der Waals surface area (Å²) in [4.78, 5) is 6.66. The van der Waals surface area contributed by atoms with Crippen LogP contribution >= 0.6 is 28.1 Å². The number of nitrogens with one attached hydrogen (secondary N) is 1. The van der Waals surface area contributed by atoms with Crippen LogP contribution in [0.25, 0.3) is 11.3 Å². The lowest BCUT2D eigenvalue weighted by molar-refractivity contribution is 0.275. The van der Waals surface area contributed by atoms with Gasteiger partial charge in [0.2, 0.25) is 0 Å². The molecule has 1 N–H and O–H groups in total. The second kappa shape index (κ2) is 8.01. The summed E-state index contributed by atoms with van der Waals surface area (Å²) in [7, 11) is 0. The van der Waals surface area contributed by atoms with E-state index in [0.29, 0.717) is 15.3 Å². The van der Waals surface area contributed by atoms with Gasteiger partial charge in [-0.15, -0.1) is 0 Å². The van der Waals surface area contributed by atoms with Crippen molar-refractivity contribution in [3.8, 4) is 11.3 Å². The average molecular weight is 460 g/mol. The minimum Gasteiger partial charge on any atom is -0.459 e. The van der Waals surface area contributed by atoms with Gasteiger partial charge < -0.3 is 14.6 Å². The van der Waals surface area contributed by atoms with Gasteiger partial charge in [-0.3, -0.25) is 4.98 Å². The number of rotatable bonds is 5. The Balaban J connectivity index is 1.73. The third-order valence-electron chi connectivity index (χ3n) is 4.78. The fourth-order valence-corrected chi connectivity index (χ4v) is 4.42. The number of aromatic nitrogens is 1. The number of halogens is 2. The number of furan rings is 1. The van der Waals surface area contributed by atoms with E-state index in [1.807, 2.05) is 30.3 Å². The third-order valence-corrected chi connectivity index (χ3v) is 5.79. The van der Waals surface area contributed by atoms with Crippen LogP contribution in [0.4, 0.5) is 4.39 Å². The molecule has 0 aliphatic carbocycles. The van der Waals surface area contributed by atoms with Gasteiger partial charge in [0.05, 0.1) is 11.7 Å². The first-order valence-electron chi connectivity index (χ1n) is 9.11. The van der Waals surface area contributed by atoms with Crippen LogP contribution in [-0.4, -0.2) is 21.5 Å². The van der Waals surface area contributed by atoms with E-state index in [2.05, 4.69) is 38.1 Å². The molecule has 1 aromatic carbocycles. The SMILES string of the molecule is CCCN1C(=S)N[C@H](c2ccccn2)[C@@H]1c1ccc(-c2ccc(F)cc2Br)o1. The molecule has 1 aliphatic rings. The second-order valence-electron chi connectivity index (χ2n) is 6.65. The standard InChI is InChI=1S/C21H19BrFN3OS/c1-2-11-26-20(19(25-21(26)28)16-5-3-4-10-24-16)18-9-8-17(27-18)14-7-6-13(23)12-15(14)22/h3-10,12,19-20H,2,11H2,1H3,(H,25,28)/t19-,20+/m1/s1. The van der Waals surface area contributed by atoms with Crippen molar-refractivity contribution in [1.82, 2.24) is 15.2 Å². The van der Waals surface area contributed by atoms with Gasteiger partial charge in [-0.2, -0.15) is 0 Å². The zero-order valence-electron chi connectivity index (χ0n) is 15.2. The van der Waals surface area contributed by atoms with E-state index in [-0.39, 0.29) is 17.9 Å². The highest BCUT2D eigenvalue weighted by molar-refractivity contribution is 9.10. The molecule has 7 heteroatoms. The highest BCUT2D eigenvalue weighted by Crippen LogP contribution is 2.41. The van der Waals surface area contributed by atoms with Crippen LogP contribution in [0.5, 0.6) is 0 Å². The van der Waals surface area contributed by atoms with Gasteiger partial charge in [0.15, 0.2) is 5.11 Å². The van der Waals surface area contributed by atoms with Crippen molar-refractivity contribution >= 4 is 33.3 Å². The summed E-state index contributed by atoms with van der Waals surface area (Å²) in [5.74, 6) is 1.18. The normalized spacial score (nSPS) is 19.1. The van der Waals surface area contributed by atoms with Crippen LogP contribution in [0.2, 0.25) is 0 Å². The first-order valence-corrected chi connectivity index (χ1v) is 10.3. The second-order valence-corrected chi connectivity index (χ2v) is 7.89. The Morgan fingerprint density at radius 2 is 2.11 bits per heavy atom. The maximum absolute atomic E-state index is 13.4. The number of hydrogen-bond acceptors (Lipinski definition) is 3. The molecule has 0 unspecified atom stereocenters. The zero-order valence-corrected chi connectivity index (χ0v) is 17.6. The summed E-state index contributed by atoms with van der Waals surface area (Å²) in [6.07, 6.45) is 2.74. The molecule has 28 heavy (non-hydrogen) atoms. The van der Waals surface area contributed by atoms with Crippen LogP contribution < -0.4 is 5.32 Å². The van der Waals surface area contributed by atoms with Crippen molar-refractivity contribution in [2.24, 2.45) is 0 Å². The van der Waals surface area contributed by atoms with Crippen molar-refractivity contribution < 1.29 is 8.81 Å². The molecule has 1 saturated heterocycles. The van der Waals surface area contributed by atoms with E-state index in [1.54, 1.807) is 12.3 Å². The number of benzene rings is 1. The first kappa shape index (κ1) is 19.1. The average Bonchev–Trinajstić information content (AvgIpc) is 3.28. The van der Waals surface area contributed by atoms with E-state index in [1.165, 1.54) is 12.1 Å². The van der Waals surface area contributed by atoms with Crippen LogP contribution in [0.1, 0.15) is 36.9 Å². The highest BCUT2D eigenvalue weighted by atomic mass is 79.9. The van der Waals surface area contributed by atoms with Gasteiger partial charge in [0, 0.05) is 22.8 Å². The van der Waals surface area contributed by atoms with Crippen LogP contribution in [0.3, 0.4) is 0 Å². The molecule has 4 nitrogen and oxygen atoms in total. The quantitative estimate of drug-likeness (QED) is 0.501. The fraction of sp³-hybridized carbons (Fsp3) is 0.238. The molecular formula is C21H19BrFN3OS. The van der Waals surface area contributed by atoms with E-state index < -0.39 is 0 Å². The van der Waals surface area contributed by atoms with Gasteiger partial charge in [0.25, 0.3) is 0 Å². The molecule has 3 aromatic rings. The molecule has 0 radical (unpaired) electrons. The third kappa shape index (κ3) is 3.56. The van der Waals surface area contributed by atoms with Gasteiger partial charge >= 0.3 is 0 Å². The lowest BCUT2D eigenvalue weighted by Crippen LogP contribution is -2.30. The van der Waals surface area contributed by atoms with Crippen molar-refractivity contribution in [2.75, 3.05) is 6.54 Å². The Hall–Kier alpha value is -2.25.